The average molecular weight is 607 g/mol. The van der Waals surface area contributed by atoms with E-state index in [0.29, 0.717) is 31.7 Å². The van der Waals surface area contributed by atoms with Gasteiger partial charge in [0.25, 0.3) is 5.56 Å². The zero-order valence-corrected chi connectivity index (χ0v) is 21.4. The van der Waals surface area contributed by atoms with E-state index in [1.54, 1.807) is 4.98 Å². The zero-order valence-electron chi connectivity index (χ0n) is 21.4. The predicted octanol–water partition coefficient (Wildman–Crippen LogP) is 6.28. The van der Waals surface area contributed by atoms with Crippen molar-refractivity contribution in [2.24, 2.45) is 5.92 Å². The number of carbonyl (C=O) groups excluding carboxylic acids is 1. The highest BCUT2D eigenvalue weighted by Crippen LogP contribution is 2.39. The Kier molecular flexibility index (Phi) is 8.99. The Labute approximate surface area is 231 Å². The summed E-state index contributed by atoms with van der Waals surface area (Å²) in [6, 6.07) is 4.27. The topological polar surface area (TPSA) is 84.1 Å². The van der Waals surface area contributed by atoms with Gasteiger partial charge in [0.05, 0.1) is 23.8 Å². The van der Waals surface area contributed by atoms with E-state index in [4.69, 9.17) is 4.74 Å². The van der Waals surface area contributed by atoms with Crippen LogP contribution in [0.1, 0.15) is 48.1 Å². The molecule has 15 heteroatoms. The smallest absolute Gasteiger partial charge is 0.373 e. The Hall–Kier alpha value is -3.88. The minimum atomic E-state index is -5.21. The number of rotatable bonds is 7. The van der Waals surface area contributed by atoms with Gasteiger partial charge in [0.2, 0.25) is 5.91 Å². The van der Waals surface area contributed by atoms with Gasteiger partial charge in [0.15, 0.2) is 5.69 Å². The molecule has 1 saturated carbocycles. The van der Waals surface area contributed by atoms with Crippen molar-refractivity contribution in [2.75, 3.05) is 0 Å². The molecule has 1 fully saturated rings. The molecule has 0 spiro atoms. The summed E-state index contributed by atoms with van der Waals surface area (Å²) in [5.41, 5.74) is -6.64. The van der Waals surface area contributed by atoms with Crippen molar-refractivity contribution < 1.29 is 49.0 Å². The Morgan fingerprint density at radius 2 is 1.60 bits per heavy atom. The molecule has 0 radical (unpaired) electrons. The van der Waals surface area contributed by atoms with Crippen LogP contribution in [0.3, 0.4) is 0 Å². The van der Waals surface area contributed by atoms with E-state index in [1.165, 1.54) is 6.07 Å². The van der Waals surface area contributed by atoms with Gasteiger partial charge in [-0.1, -0.05) is 12.1 Å². The fraction of sp³-hybridized carbons (Fsp3) is 0.370. The van der Waals surface area contributed by atoms with E-state index < -0.39 is 81.9 Å². The first-order valence-electron chi connectivity index (χ1n) is 12.5. The summed E-state index contributed by atoms with van der Waals surface area (Å²) in [7, 11) is 0. The number of halogens is 9. The lowest BCUT2D eigenvalue weighted by Gasteiger charge is -2.28. The molecule has 226 valence electrons. The number of ether oxygens (including phenoxy) is 1. The van der Waals surface area contributed by atoms with Gasteiger partial charge in [0, 0.05) is 35.7 Å². The van der Waals surface area contributed by atoms with E-state index >= 15 is 4.39 Å². The number of carbonyl (C=O) groups is 1. The number of nitrogens with one attached hydrogen (secondary N) is 2. The summed E-state index contributed by atoms with van der Waals surface area (Å²) in [5, 5.41) is 2.42. The molecular weight excluding hydrogens is 585 g/mol. The van der Waals surface area contributed by atoms with Gasteiger partial charge in [-0.15, -0.1) is 0 Å². The fourth-order valence-electron chi connectivity index (χ4n) is 4.61. The molecule has 0 saturated heterocycles. The Morgan fingerprint density at radius 1 is 0.929 bits per heavy atom. The van der Waals surface area contributed by atoms with Gasteiger partial charge in [-0.25, -0.2) is 18.2 Å². The number of H-pyrrole nitrogens is 1. The van der Waals surface area contributed by atoms with E-state index in [0.717, 1.165) is 18.2 Å². The summed E-state index contributed by atoms with van der Waals surface area (Å²) < 4.78 is 128. The first-order chi connectivity index (χ1) is 19.6. The molecule has 2 aromatic carbocycles. The van der Waals surface area contributed by atoms with Crippen molar-refractivity contribution in [1.29, 1.82) is 0 Å². The van der Waals surface area contributed by atoms with Crippen molar-refractivity contribution in [1.82, 2.24) is 15.3 Å². The van der Waals surface area contributed by atoms with Gasteiger partial charge < -0.3 is 15.0 Å². The van der Waals surface area contributed by atoms with Crippen molar-refractivity contribution in [2.45, 2.75) is 57.3 Å². The Balaban J connectivity index is 1.44. The lowest BCUT2D eigenvalue weighted by molar-refractivity contribution is -0.141. The van der Waals surface area contributed by atoms with Crippen molar-refractivity contribution >= 4 is 5.91 Å². The number of alkyl halides is 6. The average Bonchev–Trinajstić information content (AvgIpc) is 2.90. The summed E-state index contributed by atoms with van der Waals surface area (Å²) in [4.78, 5) is 29.2. The van der Waals surface area contributed by atoms with Crippen LogP contribution in [0.5, 0.6) is 0 Å². The molecule has 2 N–H and O–H groups in total. The molecular formula is C27H22F9N3O3. The second-order valence-corrected chi connectivity index (χ2v) is 9.67. The molecule has 3 aromatic rings. The molecule has 1 aliphatic carbocycles. The van der Waals surface area contributed by atoms with Crippen molar-refractivity contribution in [3.8, 4) is 11.4 Å². The van der Waals surface area contributed by atoms with E-state index in [1.807, 2.05) is 0 Å². The summed E-state index contributed by atoms with van der Waals surface area (Å²) >= 11 is 0. The fourth-order valence-corrected chi connectivity index (χ4v) is 4.61. The molecule has 6 nitrogen and oxygen atoms in total. The van der Waals surface area contributed by atoms with Gasteiger partial charge >= 0.3 is 12.4 Å². The van der Waals surface area contributed by atoms with Crippen LogP contribution in [0.4, 0.5) is 39.5 Å². The molecule has 1 aromatic heterocycles. The largest absolute Gasteiger partial charge is 0.433 e. The third-order valence-electron chi connectivity index (χ3n) is 6.78. The van der Waals surface area contributed by atoms with Crippen LogP contribution < -0.4 is 10.9 Å². The second-order valence-electron chi connectivity index (χ2n) is 9.67. The van der Waals surface area contributed by atoms with Crippen LogP contribution in [0.25, 0.3) is 11.4 Å². The Bertz CT molecular complexity index is 1510. The van der Waals surface area contributed by atoms with Gasteiger partial charge in [-0.05, 0) is 37.8 Å². The molecule has 0 aliphatic heterocycles. The van der Waals surface area contributed by atoms with Crippen LogP contribution in [0.15, 0.2) is 41.2 Å². The number of aromatic amines is 1. The minimum absolute atomic E-state index is 0.0274. The SMILES string of the molecule is O=C(NCc1ccc(C(F)(F)F)c(-c2nc(C(F)(F)F)cc(=O)[nH]2)c1F)C1CCC(OCc2ccc(F)cc2F)CC1. The van der Waals surface area contributed by atoms with Crippen molar-refractivity contribution in [3.05, 3.63) is 86.6 Å². The van der Waals surface area contributed by atoms with Gasteiger partial charge in [0.1, 0.15) is 23.3 Å². The summed E-state index contributed by atoms with van der Waals surface area (Å²) in [6.07, 6.45) is -9.23. The standard InChI is InChI=1S/C27H22F9N3O3/c28-16-5-1-15(19(29)9-16)12-42-17-6-2-13(3-7-17)25(41)37-11-14-4-8-18(26(31,32)33)22(23(14)30)24-38-20(27(34,35)36)10-21(40)39-24/h1,4-5,8-10,13,17H,2-3,6-7,11-12H2,(H,37,41)(H,38,39,40). The highest BCUT2D eigenvalue weighted by atomic mass is 19.4. The molecule has 1 amide bonds. The quantitative estimate of drug-likeness (QED) is 0.310. The number of hydrogen-bond acceptors (Lipinski definition) is 4. The third kappa shape index (κ3) is 7.30. The maximum Gasteiger partial charge on any atom is 0.433 e. The summed E-state index contributed by atoms with van der Waals surface area (Å²) in [6.45, 7) is -0.700. The predicted molar refractivity (Wildman–Crippen MR) is 129 cm³/mol. The maximum atomic E-state index is 15.4. The monoisotopic (exact) mass is 607 g/mol. The highest BCUT2D eigenvalue weighted by Gasteiger charge is 2.39. The van der Waals surface area contributed by atoms with E-state index in [9.17, 15) is 44.7 Å². The second kappa shape index (κ2) is 12.2. The molecule has 1 aliphatic rings. The zero-order chi connectivity index (χ0) is 30.8. The van der Waals surface area contributed by atoms with Crippen LogP contribution in [0.2, 0.25) is 0 Å². The normalized spacial score (nSPS) is 17.7. The lowest BCUT2D eigenvalue weighted by atomic mass is 9.86. The Morgan fingerprint density at radius 3 is 2.21 bits per heavy atom. The minimum Gasteiger partial charge on any atom is -0.373 e. The first kappa shape index (κ1) is 31.1. The highest BCUT2D eigenvalue weighted by molar-refractivity contribution is 5.78. The number of nitrogens with zero attached hydrogens (tertiary/aromatic N) is 1. The molecule has 0 bridgehead atoms. The number of aromatic nitrogens is 2. The van der Waals surface area contributed by atoms with E-state index in [-0.39, 0.29) is 24.3 Å². The first-order valence-corrected chi connectivity index (χ1v) is 12.5. The van der Waals surface area contributed by atoms with Gasteiger partial charge in [-0.3, -0.25) is 9.59 Å². The summed E-state index contributed by atoms with van der Waals surface area (Å²) in [5.74, 6) is -5.45. The van der Waals surface area contributed by atoms with Crippen molar-refractivity contribution in [3.63, 3.8) is 0 Å². The van der Waals surface area contributed by atoms with E-state index in [2.05, 4.69) is 10.3 Å². The third-order valence-corrected chi connectivity index (χ3v) is 6.78. The molecule has 0 atom stereocenters. The van der Waals surface area contributed by atoms with Crippen LogP contribution in [-0.2, 0) is 35.0 Å². The number of hydrogen-bond donors (Lipinski definition) is 2. The number of amides is 1. The molecule has 42 heavy (non-hydrogen) atoms. The number of benzene rings is 2. The van der Waals surface area contributed by atoms with Gasteiger partial charge in [-0.2, -0.15) is 26.3 Å². The van der Waals surface area contributed by atoms with Crippen LogP contribution >= 0.6 is 0 Å². The lowest BCUT2D eigenvalue weighted by Crippen LogP contribution is -2.34. The molecule has 0 unspecified atom stereocenters. The van der Waals surface area contributed by atoms with Crippen LogP contribution in [-0.4, -0.2) is 22.0 Å². The molecule has 1 heterocycles. The maximum absolute atomic E-state index is 15.4. The van der Waals surface area contributed by atoms with Crippen LogP contribution in [0, 0.1) is 23.4 Å². The molecule has 4 rings (SSSR count).